The van der Waals surface area contributed by atoms with Crippen LogP contribution < -0.4 is 10.6 Å². The Morgan fingerprint density at radius 2 is 2.04 bits per heavy atom. The number of anilines is 1. The van der Waals surface area contributed by atoms with Gasteiger partial charge in [0.25, 0.3) is 5.91 Å². The Morgan fingerprint density at radius 3 is 2.80 bits per heavy atom. The molecular weight excluding hydrogens is 384 g/mol. The highest BCUT2D eigenvalue weighted by atomic mass is 79.9. The first-order chi connectivity index (χ1) is 12.1. The third-order valence-corrected chi connectivity index (χ3v) is 4.09. The predicted molar refractivity (Wildman–Crippen MR) is 98.9 cm³/mol. The van der Waals surface area contributed by atoms with E-state index in [1.165, 1.54) is 0 Å². The summed E-state index contributed by atoms with van der Waals surface area (Å²) in [6.07, 6.45) is 3.52. The summed E-state index contributed by atoms with van der Waals surface area (Å²) in [5.74, 6) is 1.91. The Bertz CT molecular complexity index is 865. The van der Waals surface area contributed by atoms with E-state index in [1.54, 1.807) is 16.9 Å². The van der Waals surface area contributed by atoms with Gasteiger partial charge >= 0.3 is 0 Å². The van der Waals surface area contributed by atoms with Gasteiger partial charge in [0.1, 0.15) is 11.6 Å². The second kappa shape index (κ2) is 7.89. The van der Waals surface area contributed by atoms with Crippen molar-refractivity contribution in [2.75, 3.05) is 18.4 Å². The largest absolute Gasteiger partial charge is 0.368 e. The summed E-state index contributed by atoms with van der Waals surface area (Å²) in [5, 5.41) is 10.2. The Morgan fingerprint density at radius 1 is 1.20 bits per heavy atom. The van der Waals surface area contributed by atoms with Crippen LogP contribution in [0, 0.1) is 6.92 Å². The van der Waals surface area contributed by atoms with Crippen molar-refractivity contribution < 1.29 is 4.79 Å². The average Bonchev–Trinajstić information content (AvgIpc) is 3.13. The zero-order valence-corrected chi connectivity index (χ0v) is 15.2. The highest BCUT2D eigenvalue weighted by Crippen LogP contribution is 2.15. The van der Waals surface area contributed by atoms with Gasteiger partial charge in [-0.3, -0.25) is 4.79 Å². The van der Waals surface area contributed by atoms with E-state index >= 15 is 0 Å². The quantitative estimate of drug-likeness (QED) is 0.621. The number of benzene rings is 1. The van der Waals surface area contributed by atoms with Crippen LogP contribution in [0.3, 0.4) is 0 Å². The van der Waals surface area contributed by atoms with Crippen LogP contribution in [0.4, 0.5) is 5.82 Å². The molecule has 8 heteroatoms. The molecular formula is C17H17BrN6O. The number of aryl methyl sites for hydroxylation is 1. The molecule has 0 saturated carbocycles. The maximum Gasteiger partial charge on any atom is 0.252 e. The van der Waals surface area contributed by atoms with E-state index in [4.69, 9.17) is 0 Å². The number of amides is 1. The standard InChI is InChI=1S/C17H17BrN6O/c1-12-22-15(11-16(23-12)24-10-4-7-21-24)19-8-9-20-17(25)13-5-2-3-6-14(13)18/h2-7,10-11H,8-9H2,1H3,(H,20,25)(H,19,22,23). The minimum Gasteiger partial charge on any atom is -0.368 e. The molecule has 0 aliphatic heterocycles. The number of nitrogens with one attached hydrogen (secondary N) is 2. The second-order valence-electron chi connectivity index (χ2n) is 5.27. The SMILES string of the molecule is Cc1nc(NCCNC(=O)c2ccccc2Br)cc(-n2cccn2)n1. The van der Waals surface area contributed by atoms with Crippen LogP contribution in [-0.4, -0.2) is 38.7 Å². The third-order valence-electron chi connectivity index (χ3n) is 3.40. The fraction of sp³-hybridized carbons (Fsp3) is 0.176. The van der Waals surface area contributed by atoms with Crippen LogP contribution in [0.2, 0.25) is 0 Å². The maximum absolute atomic E-state index is 12.1. The third kappa shape index (κ3) is 4.42. The minimum absolute atomic E-state index is 0.120. The van der Waals surface area contributed by atoms with Crippen molar-refractivity contribution >= 4 is 27.7 Å². The van der Waals surface area contributed by atoms with Gasteiger partial charge < -0.3 is 10.6 Å². The first kappa shape index (κ1) is 17.1. The molecule has 1 amide bonds. The van der Waals surface area contributed by atoms with Crippen LogP contribution >= 0.6 is 15.9 Å². The molecule has 0 aliphatic carbocycles. The number of carbonyl (C=O) groups excluding carboxylic acids is 1. The van der Waals surface area contributed by atoms with Crippen molar-refractivity contribution in [1.82, 2.24) is 25.1 Å². The summed E-state index contributed by atoms with van der Waals surface area (Å²) in [5.41, 5.74) is 0.612. The number of nitrogens with zero attached hydrogens (tertiary/aromatic N) is 4. The van der Waals surface area contributed by atoms with Gasteiger partial charge in [-0.2, -0.15) is 5.10 Å². The molecule has 0 bridgehead atoms. The van der Waals surface area contributed by atoms with Crippen LogP contribution in [0.15, 0.2) is 53.3 Å². The number of halogens is 1. The molecule has 0 radical (unpaired) electrons. The lowest BCUT2D eigenvalue weighted by Gasteiger charge is -2.10. The lowest BCUT2D eigenvalue weighted by molar-refractivity contribution is 0.0954. The number of hydrogen-bond donors (Lipinski definition) is 2. The molecule has 128 valence electrons. The van der Waals surface area contributed by atoms with Crippen molar-refractivity contribution in [1.29, 1.82) is 0 Å². The van der Waals surface area contributed by atoms with Crippen LogP contribution in [0.5, 0.6) is 0 Å². The van der Waals surface area contributed by atoms with E-state index in [9.17, 15) is 4.79 Å². The molecule has 2 heterocycles. The number of rotatable bonds is 6. The zero-order valence-electron chi connectivity index (χ0n) is 13.6. The van der Waals surface area contributed by atoms with E-state index in [-0.39, 0.29) is 5.91 Å². The summed E-state index contributed by atoms with van der Waals surface area (Å²) >= 11 is 3.38. The van der Waals surface area contributed by atoms with E-state index < -0.39 is 0 Å². The zero-order chi connectivity index (χ0) is 17.6. The molecule has 0 fully saturated rings. The van der Waals surface area contributed by atoms with Gasteiger partial charge in [-0.1, -0.05) is 12.1 Å². The van der Waals surface area contributed by atoms with Crippen molar-refractivity contribution in [3.8, 4) is 5.82 Å². The predicted octanol–water partition coefficient (Wildman–Crippen LogP) is 2.58. The summed E-state index contributed by atoms with van der Waals surface area (Å²) in [4.78, 5) is 20.8. The van der Waals surface area contributed by atoms with Crippen LogP contribution in [0.25, 0.3) is 5.82 Å². The Hall–Kier alpha value is -2.74. The number of aromatic nitrogens is 4. The minimum atomic E-state index is -0.120. The molecule has 3 rings (SSSR count). The first-order valence-corrected chi connectivity index (χ1v) is 8.55. The second-order valence-corrected chi connectivity index (χ2v) is 6.13. The molecule has 0 aliphatic rings. The van der Waals surface area contributed by atoms with Gasteiger partial charge in [0.2, 0.25) is 0 Å². The molecule has 0 atom stereocenters. The molecule has 1 aromatic carbocycles. The lowest BCUT2D eigenvalue weighted by Crippen LogP contribution is -2.29. The molecule has 0 unspecified atom stereocenters. The fourth-order valence-electron chi connectivity index (χ4n) is 2.27. The van der Waals surface area contributed by atoms with Gasteiger partial charge in [-0.15, -0.1) is 0 Å². The van der Waals surface area contributed by atoms with E-state index in [1.807, 2.05) is 43.5 Å². The molecule has 3 aromatic rings. The highest BCUT2D eigenvalue weighted by molar-refractivity contribution is 9.10. The molecule has 0 spiro atoms. The van der Waals surface area contributed by atoms with Gasteiger partial charge in [-0.05, 0) is 41.1 Å². The molecule has 0 saturated heterocycles. The Kier molecular flexibility index (Phi) is 5.39. The van der Waals surface area contributed by atoms with Crippen molar-refractivity contribution in [2.24, 2.45) is 0 Å². The van der Waals surface area contributed by atoms with E-state index in [0.29, 0.717) is 36.1 Å². The maximum atomic E-state index is 12.1. The first-order valence-electron chi connectivity index (χ1n) is 7.76. The number of carbonyl (C=O) groups is 1. The Balaban J connectivity index is 1.56. The fourth-order valence-corrected chi connectivity index (χ4v) is 2.74. The topological polar surface area (TPSA) is 84.7 Å². The average molecular weight is 401 g/mol. The van der Waals surface area contributed by atoms with Gasteiger partial charge in [-0.25, -0.2) is 14.6 Å². The van der Waals surface area contributed by atoms with Gasteiger partial charge in [0, 0.05) is 36.0 Å². The molecule has 25 heavy (non-hydrogen) atoms. The Labute approximate surface area is 153 Å². The summed E-state index contributed by atoms with van der Waals surface area (Å²) in [7, 11) is 0. The molecule has 2 aromatic heterocycles. The van der Waals surface area contributed by atoms with Gasteiger partial charge in [0.05, 0.1) is 5.56 Å². The lowest BCUT2D eigenvalue weighted by atomic mass is 10.2. The monoisotopic (exact) mass is 400 g/mol. The van der Waals surface area contributed by atoms with Crippen molar-refractivity contribution in [2.45, 2.75) is 6.92 Å². The van der Waals surface area contributed by atoms with E-state index in [0.717, 1.165) is 4.47 Å². The van der Waals surface area contributed by atoms with Crippen molar-refractivity contribution in [3.05, 3.63) is 64.7 Å². The smallest absolute Gasteiger partial charge is 0.252 e. The molecule has 7 nitrogen and oxygen atoms in total. The van der Waals surface area contributed by atoms with E-state index in [2.05, 4.69) is 41.6 Å². The van der Waals surface area contributed by atoms with Gasteiger partial charge in [0.15, 0.2) is 5.82 Å². The normalized spacial score (nSPS) is 10.5. The summed E-state index contributed by atoms with van der Waals surface area (Å²) < 4.78 is 2.45. The number of hydrogen-bond acceptors (Lipinski definition) is 5. The van der Waals surface area contributed by atoms with Crippen LogP contribution in [0.1, 0.15) is 16.2 Å². The molecule has 2 N–H and O–H groups in total. The highest BCUT2D eigenvalue weighted by Gasteiger charge is 2.08. The summed E-state index contributed by atoms with van der Waals surface area (Å²) in [6.45, 7) is 2.85. The summed E-state index contributed by atoms with van der Waals surface area (Å²) in [6, 6.07) is 11.0. The van der Waals surface area contributed by atoms with Crippen LogP contribution in [-0.2, 0) is 0 Å². The van der Waals surface area contributed by atoms with Crippen molar-refractivity contribution in [3.63, 3.8) is 0 Å².